The molecular formula is C17H28N2S+2. The molecule has 2 aliphatic rings. The van der Waals surface area contributed by atoms with Crippen LogP contribution in [-0.4, -0.2) is 38.5 Å². The van der Waals surface area contributed by atoms with Crippen molar-refractivity contribution in [2.75, 3.05) is 32.4 Å². The topological polar surface area (TPSA) is 8.88 Å². The van der Waals surface area contributed by atoms with Crippen LogP contribution in [0.15, 0.2) is 29.2 Å². The van der Waals surface area contributed by atoms with E-state index in [1.807, 2.05) is 16.7 Å². The van der Waals surface area contributed by atoms with Gasteiger partial charge in [-0.1, -0.05) is 12.1 Å². The zero-order valence-electron chi connectivity index (χ0n) is 12.7. The molecule has 1 heterocycles. The van der Waals surface area contributed by atoms with Gasteiger partial charge < -0.3 is 9.80 Å². The molecule has 0 bridgehead atoms. The molecule has 2 N–H and O–H groups in total. The molecule has 0 unspecified atom stereocenters. The summed E-state index contributed by atoms with van der Waals surface area (Å²) in [6.45, 7) is 6.71. The van der Waals surface area contributed by atoms with Gasteiger partial charge in [0.2, 0.25) is 0 Å². The van der Waals surface area contributed by atoms with Crippen LogP contribution < -0.4 is 9.80 Å². The summed E-state index contributed by atoms with van der Waals surface area (Å²) in [7, 11) is 0. The van der Waals surface area contributed by atoms with E-state index >= 15 is 0 Å². The molecule has 3 heteroatoms. The Morgan fingerprint density at radius 3 is 2.25 bits per heavy atom. The number of benzene rings is 1. The molecule has 0 radical (unpaired) electrons. The molecule has 1 aromatic rings. The van der Waals surface area contributed by atoms with Crippen LogP contribution in [0, 0.1) is 0 Å². The third-order valence-electron chi connectivity index (χ3n) is 5.15. The fourth-order valence-corrected chi connectivity index (χ4v) is 4.28. The molecule has 1 aliphatic heterocycles. The average Bonchev–Trinajstić information content (AvgIpc) is 3.03. The lowest BCUT2D eigenvalue weighted by molar-refractivity contribution is -1.03. The minimum atomic E-state index is 0.998. The molecule has 1 saturated carbocycles. The number of hydrogen-bond acceptors (Lipinski definition) is 1. The lowest BCUT2D eigenvalue weighted by Crippen LogP contribution is -3.29. The molecule has 3 rings (SSSR count). The highest BCUT2D eigenvalue weighted by Gasteiger charge is 2.31. The molecule has 0 atom stereocenters. The Morgan fingerprint density at radius 1 is 1.00 bits per heavy atom. The van der Waals surface area contributed by atoms with Crippen LogP contribution >= 0.6 is 11.8 Å². The summed E-state index contributed by atoms with van der Waals surface area (Å²) in [5, 5.41) is 0. The maximum atomic E-state index is 2.31. The summed E-state index contributed by atoms with van der Waals surface area (Å²) in [5.41, 5.74) is 1.50. The second-order valence-corrected chi connectivity index (χ2v) is 7.29. The summed E-state index contributed by atoms with van der Waals surface area (Å²) in [6.07, 6.45) is 8.08. The summed E-state index contributed by atoms with van der Waals surface area (Å²) in [5.74, 6) is 0. The van der Waals surface area contributed by atoms with E-state index in [4.69, 9.17) is 0 Å². The first-order valence-corrected chi connectivity index (χ1v) is 9.38. The smallest absolute Gasteiger partial charge is 0.127 e. The van der Waals surface area contributed by atoms with Gasteiger partial charge in [-0.25, -0.2) is 0 Å². The first kappa shape index (κ1) is 14.4. The SMILES string of the molecule is CSc1ccc(C[NH+]2CC[NH+](C3CCCC3)CC2)cc1. The van der Waals surface area contributed by atoms with Gasteiger partial charge in [0.05, 0.1) is 6.04 Å². The standard InChI is InChI=1S/C17H26N2S/c1-20-17-8-6-15(7-9-17)14-18-10-12-19(13-11-18)16-4-2-3-5-16/h6-9,16H,2-5,10-14H2,1H3/p+2. The van der Waals surface area contributed by atoms with Crippen LogP contribution in [0.4, 0.5) is 0 Å². The molecule has 0 aromatic heterocycles. The van der Waals surface area contributed by atoms with E-state index in [2.05, 4.69) is 30.5 Å². The second-order valence-electron chi connectivity index (χ2n) is 6.41. The highest BCUT2D eigenvalue weighted by Crippen LogP contribution is 2.15. The quantitative estimate of drug-likeness (QED) is 0.774. The molecular weight excluding hydrogens is 264 g/mol. The van der Waals surface area contributed by atoms with Crippen LogP contribution in [0.5, 0.6) is 0 Å². The van der Waals surface area contributed by atoms with Gasteiger partial charge in [0.25, 0.3) is 0 Å². The first-order chi connectivity index (χ1) is 9.85. The van der Waals surface area contributed by atoms with Crippen LogP contribution in [0.25, 0.3) is 0 Å². The monoisotopic (exact) mass is 292 g/mol. The van der Waals surface area contributed by atoms with Crippen molar-refractivity contribution < 1.29 is 9.80 Å². The van der Waals surface area contributed by atoms with E-state index in [1.54, 1.807) is 4.90 Å². The lowest BCUT2D eigenvalue weighted by Gasteiger charge is -2.33. The number of rotatable bonds is 4. The van der Waals surface area contributed by atoms with E-state index in [1.165, 1.54) is 68.9 Å². The molecule has 1 aliphatic carbocycles. The van der Waals surface area contributed by atoms with Gasteiger partial charge in [-0.05, 0) is 44.1 Å². The van der Waals surface area contributed by atoms with E-state index < -0.39 is 0 Å². The Balaban J connectivity index is 1.47. The number of quaternary nitrogens is 2. The Hall–Kier alpha value is -0.510. The van der Waals surface area contributed by atoms with Crippen molar-refractivity contribution in [2.24, 2.45) is 0 Å². The maximum Gasteiger partial charge on any atom is 0.127 e. The molecule has 2 fully saturated rings. The van der Waals surface area contributed by atoms with Gasteiger partial charge in [-0.15, -0.1) is 11.8 Å². The van der Waals surface area contributed by atoms with E-state index in [9.17, 15) is 0 Å². The highest BCUT2D eigenvalue weighted by molar-refractivity contribution is 7.98. The third-order valence-corrected chi connectivity index (χ3v) is 5.89. The Morgan fingerprint density at radius 2 is 1.65 bits per heavy atom. The third kappa shape index (κ3) is 3.57. The fraction of sp³-hybridized carbons (Fsp3) is 0.647. The van der Waals surface area contributed by atoms with Gasteiger partial charge in [0.1, 0.15) is 32.7 Å². The normalized spacial score (nSPS) is 27.9. The van der Waals surface area contributed by atoms with Crippen LogP contribution in [-0.2, 0) is 6.54 Å². The van der Waals surface area contributed by atoms with Gasteiger partial charge >= 0.3 is 0 Å². The van der Waals surface area contributed by atoms with Gasteiger partial charge in [0, 0.05) is 10.5 Å². The van der Waals surface area contributed by atoms with Crippen LogP contribution in [0.3, 0.4) is 0 Å². The van der Waals surface area contributed by atoms with Gasteiger partial charge in [0.15, 0.2) is 0 Å². The minimum Gasteiger partial charge on any atom is -0.323 e. The number of hydrogen-bond donors (Lipinski definition) is 2. The summed E-state index contributed by atoms with van der Waals surface area (Å²) < 4.78 is 0. The Labute approximate surface area is 127 Å². The Bertz CT molecular complexity index is 404. The molecule has 0 spiro atoms. The average molecular weight is 292 g/mol. The van der Waals surface area contributed by atoms with E-state index in [0.29, 0.717) is 0 Å². The van der Waals surface area contributed by atoms with Crippen molar-refractivity contribution in [1.29, 1.82) is 0 Å². The first-order valence-electron chi connectivity index (χ1n) is 8.16. The van der Waals surface area contributed by atoms with Crippen molar-refractivity contribution in [3.63, 3.8) is 0 Å². The predicted molar refractivity (Wildman–Crippen MR) is 85.6 cm³/mol. The van der Waals surface area contributed by atoms with Crippen molar-refractivity contribution >= 4 is 11.8 Å². The zero-order chi connectivity index (χ0) is 13.8. The van der Waals surface area contributed by atoms with Gasteiger partial charge in [-0.3, -0.25) is 0 Å². The summed E-state index contributed by atoms with van der Waals surface area (Å²) in [4.78, 5) is 5.06. The van der Waals surface area contributed by atoms with Crippen molar-refractivity contribution in [1.82, 2.24) is 0 Å². The maximum absolute atomic E-state index is 2.31. The highest BCUT2D eigenvalue weighted by atomic mass is 32.2. The number of piperazine rings is 1. The fourth-order valence-electron chi connectivity index (χ4n) is 3.88. The number of thioether (sulfide) groups is 1. The van der Waals surface area contributed by atoms with Gasteiger partial charge in [-0.2, -0.15) is 0 Å². The summed E-state index contributed by atoms with van der Waals surface area (Å²) in [6, 6.07) is 10.2. The Kier molecular flexibility index (Phi) is 5.03. The number of nitrogens with one attached hydrogen (secondary N) is 2. The molecule has 0 amide bonds. The second kappa shape index (κ2) is 6.97. The van der Waals surface area contributed by atoms with E-state index in [0.717, 1.165) is 6.04 Å². The van der Waals surface area contributed by atoms with Crippen molar-refractivity contribution in [3.05, 3.63) is 29.8 Å². The van der Waals surface area contributed by atoms with Crippen LogP contribution in [0.2, 0.25) is 0 Å². The molecule has 1 aromatic carbocycles. The predicted octanol–water partition coefficient (Wildman–Crippen LogP) is 0.635. The lowest BCUT2D eigenvalue weighted by atomic mass is 10.1. The zero-order valence-corrected chi connectivity index (χ0v) is 13.5. The van der Waals surface area contributed by atoms with E-state index in [-0.39, 0.29) is 0 Å². The van der Waals surface area contributed by atoms with Crippen LogP contribution in [0.1, 0.15) is 31.2 Å². The van der Waals surface area contributed by atoms with Crippen molar-refractivity contribution in [3.8, 4) is 0 Å². The molecule has 2 nitrogen and oxygen atoms in total. The molecule has 1 saturated heterocycles. The largest absolute Gasteiger partial charge is 0.323 e. The molecule has 110 valence electrons. The summed E-state index contributed by atoms with van der Waals surface area (Å²) >= 11 is 1.83. The minimum absolute atomic E-state index is 0.998. The van der Waals surface area contributed by atoms with Crippen molar-refractivity contribution in [2.45, 2.75) is 43.2 Å². The molecule has 20 heavy (non-hydrogen) atoms.